The number of hydrogen-bond donors (Lipinski definition) is 0. The molecule has 0 heterocycles. The van der Waals surface area contributed by atoms with E-state index < -0.39 is 21.7 Å². The van der Waals surface area contributed by atoms with Crippen LogP contribution in [0.15, 0.2) is 18.2 Å². The predicted molar refractivity (Wildman–Crippen MR) is 76.4 cm³/mol. The zero-order chi connectivity index (χ0) is 16.0. The molecule has 0 aliphatic carbocycles. The summed E-state index contributed by atoms with van der Waals surface area (Å²) in [5, 5.41) is 8.98. The van der Waals surface area contributed by atoms with Crippen LogP contribution in [-0.2, 0) is 25.1 Å². The summed E-state index contributed by atoms with van der Waals surface area (Å²) < 4.78 is 33.6. The fraction of sp³-hybridized carbons (Fsp3) is 0.429. The molecule has 0 aromatic heterocycles. The summed E-state index contributed by atoms with van der Waals surface area (Å²) in [6, 6.07) is 6.55. The van der Waals surface area contributed by atoms with Crippen molar-refractivity contribution in [2.45, 2.75) is 12.7 Å². The first kappa shape index (κ1) is 17.0. The largest absolute Gasteiger partial charge is 0.495 e. The van der Waals surface area contributed by atoms with Crippen molar-refractivity contribution in [1.82, 2.24) is 0 Å². The topological polar surface area (TPSA) is 93.5 Å². The lowest BCUT2D eigenvalue weighted by molar-refractivity contribution is -0.144. The van der Waals surface area contributed by atoms with E-state index in [1.54, 1.807) is 12.1 Å². The fourth-order valence-electron chi connectivity index (χ4n) is 1.90. The minimum Gasteiger partial charge on any atom is -0.495 e. The van der Waals surface area contributed by atoms with Gasteiger partial charge in [-0.15, -0.1) is 0 Å². The molecule has 114 valence electrons. The van der Waals surface area contributed by atoms with Crippen molar-refractivity contribution in [2.24, 2.45) is 5.92 Å². The smallest absolute Gasteiger partial charge is 0.309 e. The molecule has 1 unspecified atom stereocenters. The fourth-order valence-corrected chi connectivity index (χ4v) is 3.60. The Hall–Kier alpha value is -2.07. The highest BCUT2D eigenvalue weighted by atomic mass is 32.2. The standard InChI is InChI=1S/C14H17NO5S/c1-10(14(16)20-3)8-21(17,18)9-11-4-5-13(19-2)12(6-11)7-15/h4-6,10H,8-9H2,1-3H3. The molecule has 0 spiro atoms. The third-order valence-electron chi connectivity index (χ3n) is 2.88. The lowest BCUT2D eigenvalue weighted by Gasteiger charge is -2.10. The summed E-state index contributed by atoms with van der Waals surface area (Å²) in [5.41, 5.74) is 0.746. The molecule has 0 saturated carbocycles. The second-order valence-electron chi connectivity index (χ2n) is 4.63. The van der Waals surface area contributed by atoms with Gasteiger partial charge in [-0.05, 0) is 17.7 Å². The van der Waals surface area contributed by atoms with Crippen LogP contribution in [-0.4, -0.2) is 34.4 Å². The Morgan fingerprint density at radius 3 is 2.57 bits per heavy atom. The number of carbonyl (C=O) groups excluding carboxylic acids is 1. The van der Waals surface area contributed by atoms with Crippen molar-refractivity contribution < 1.29 is 22.7 Å². The van der Waals surface area contributed by atoms with Gasteiger partial charge < -0.3 is 9.47 Å². The number of rotatable bonds is 6. The zero-order valence-electron chi connectivity index (χ0n) is 12.1. The molecule has 0 fully saturated rings. The van der Waals surface area contributed by atoms with Gasteiger partial charge in [0.25, 0.3) is 0 Å². The van der Waals surface area contributed by atoms with E-state index in [1.165, 1.54) is 27.2 Å². The van der Waals surface area contributed by atoms with Crippen LogP contribution in [0.5, 0.6) is 5.75 Å². The number of carbonyl (C=O) groups is 1. The summed E-state index contributed by atoms with van der Waals surface area (Å²) in [7, 11) is -0.833. The normalized spacial score (nSPS) is 12.3. The molecule has 0 aliphatic rings. The molecular formula is C14H17NO5S. The molecule has 0 N–H and O–H groups in total. The van der Waals surface area contributed by atoms with Crippen molar-refractivity contribution in [3.63, 3.8) is 0 Å². The van der Waals surface area contributed by atoms with E-state index >= 15 is 0 Å². The summed E-state index contributed by atoms with van der Waals surface area (Å²) >= 11 is 0. The minimum atomic E-state index is -3.48. The van der Waals surface area contributed by atoms with Gasteiger partial charge in [-0.3, -0.25) is 4.79 Å². The first-order chi connectivity index (χ1) is 9.82. The number of ether oxygens (including phenoxy) is 2. The Balaban J connectivity index is 2.90. The highest BCUT2D eigenvalue weighted by molar-refractivity contribution is 7.90. The van der Waals surface area contributed by atoms with Crippen LogP contribution in [0.25, 0.3) is 0 Å². The maximum absolute atomic E-state index is 12.1. The minimum absolute atomic E-state index is 0.243. The zero-order valence-corrected chi connectivity index (χ0v) is 12.9. The van der Waals surface area contributed by atoms with Crippen molar-refractivity contribution in [1.29, 1.82) is 5.26 Å². The number of hydrogen-bond acceptors (Lipinski definition) is 6. The second kappa shape index (κ2) is 7.09. The third kappa shape index (κ3) is 4.76. The molecule has 1 aromatic carbocycles. The molecule has 1 atom stereocenters. The Morgan fingerprint density at radius 1 is 1.38 bits per heavy atom. The summed E-state index contributed by atoms with van der Waals surface area (Å²) in [4.78, 5) is 11.3. The van der Waals surface area contributed by atoms with Crippen LogP contribution in [0.1, 0.15) is 18.1 Å². The first-order valence-electron chi connectivity index (χ1n) is 6.18. The number of methoxy groups -OCH3 is 2. The van der Waals surface area contributed by atoms with Crippen LogP contribution in [0, 0.1) is 17.2 Å². The quantitative estimate of drug-likeness (QED) is 0.735. The van der Waals surface area contributed by atoms with Crippen molar-refractivity contribution in [2.75, 3.05) is 20.0 Å². The van der Waals surface area contributed by atoms with Gasteiger partial charge in [0.05, 0.1) is 37.2 Å². The highest BCUT2D eigenvalue weighted by Crippen LogP contribution is 2.20. The van der Waals surface area contributed by atoms with Crippen LogP contribution in [0.3, 0.4) is 0 Å². The monoisotopic (exact) mass is 311 g/mol. The molecule has 21 heavy (non-hydrogen) atoms. The molecule has 6 nitrogen and oxygen atoms in total. The van der Waals surface area contributed by atoms with Crippen LogP contribution < -0.4 is 4.74 Å². The average molecular weight is 311 g/mol. The Bertz CT molecular complexity index is 660. The number of nitriles is 1. The van der Waals surface area contributed by atoms with E-state index in [0.29, 0.717) is 11.3 Å². The maximum atomic E-state index is 12.1. The molecule has 0 saturated heterocycles. The predicted octanol–water partition coefficient (Wildman–Crippen LogP) is 1.29. The van der Waals surface area contributed by atoms with Crippen molar-refractivity contribution in [3.8, 4) is 11.8 Å². The van der Waals surface area contributed by atoms with Crippen LogP contribution >= 0.6 is 0 Å². The van der Waals surface area contributed by atoms with Gasteiger partial charge in [0.2, 0.25) is 0 Å². The molecular weight excluding hydrogens is 294 g/mol. The van der Waals surface area contributed by atoms with E-state index in [-0.39, 0.29) is 17.1 Å². The van der Waals surface area contributed by atoms with Gasteiger partial charge in [0, 0.05) is 0 Å². The maximum Gasteiger partial charge on any atom is 0.309 e. The number of esters is 1. The molecule has 7 heteroatoms. The molecule has 1 aromatic rings. The number of benzene rings is 1. The molecule has 0 amide bonds. The van der Waals surface area contributed by atoms with Gasteiger partial charge >= 0.3 is 5.97 Å². The van der Waals surface area contributed by atoms with Crippen LogP contribution in [0.4, 0.5) is 0 Å². The lowest BCUT2D eigenvalue weighted by atomic mass is 10.1. The van der Waals surface area contributed by atoms with E-state index in [0.717, 1.165) is 0 Å². The van der Waals surface area contributed by atoms with Crippen molar-refractivity contribution in [3.05, 3.63) is 29.3 Å². The van der Waals surface area contributed by atoms with Gasteiger partial charge in [-0.1, -0.05) is 13.0 Å². The van der Waals surface area contributed by atoms with Crippen LogP contribution in [0.2, 0.25) is 0 Å². The van der Waals surface area contributed by atoms with E-state index in [1.807, 2.05) is 6.07 Å². The van der Waals surface area contributed by atoms with E-state index in [9.17, 15) is 13.2 Å². The highest BCUT2D eigenvalue weighted by Gasteiger charge is 2.22. The van der Waals surface area contributed by atoms with Gasteiger partial charge in [-0.25, -0.2) is 8.42 Å². The number of sulfone groups is 1. The SMILES string of the molecule is COC(=O)C(C)CS(=O)(=O)Cc1ccc(OC)c(C#N)c1. The summed E-state index contributed by atoms with van der Waals surface area (Å²) in [6.07, 6.45) is 0. The molecule has 1 rings (SSSR count). The van der Waals surface area contributed by atoms with E-state index in [4.69, 9.17) is 10.00 Å². The molecule has 0 aliphatic heterocycles. The van der Waals surface area contributed by atoms with Gasteiger partial charge in [0.15, 0.2) is 9.84 Å². The Kier molecular flexibility index (Phi) is 5.73. The number of nitrogens with zero attached hydrogens (tertiary/aromatic N) is 1. The molecule has 0 radical (unpaired) electrons. The van der Waals surface area contributed by atoms with Crippen molar-refractivity contribution >= 4 is 15.8 Å². The summed E-state index contributed by atoms with van der Waals surface area (Å²) in [5.74, 6) is -1.44. The molecule has 0 bridgehead atoms. The van der Waals surface area contributed by atoms with Gasteiger partial charge in [-0.2, -0.15) is 5.26 Å². The van der Waals surface area contributed by atoms with Gasteiger partial charge in [0.1, 0.15) is 11.8 Å². The first-order valence-corrected chi connectivity index (χ1v) is 8.00. The average Bonchev–Trinajstić information content (AvgIpc) is 2.45. The van der Waals surface area contributed by atoms with E-state index in [2.05, 4.69) is 4.74 Å². The Labute approximate surface area is 124 Å². The third-order valence-corrected chi connectivity index (χ3v) is 4.66. The second-order valence-corrected chi connectivity index (χ2v) is 6.73. The summed E-state index contributed by atoms with van der Waals surface area (Å²) in [6.45, 7) is 1.50. The Morgan fingerprint density at radius 2 is 2.05 bits per heavy atom. The lowest BCUT2D eigenvalue weighted by Crippen LogP contribution is -2.23.